The van der Waals surface area contributed by atoms with Crippen LogP contribution in [0.15, 0.2) is 93.9 Å². The summed E-state index contributed by atoms with van der Waals surface area (Å²) < 4.78 is 2.26. The van der Waals surface area contributed by atoms with E-state index in [1.807, 2.05) is 0 Å². The van der Waals surface area contributed by atoms with E-state index in [0.29, 0.717) is 0 Å². The van der Waals surface area contributed by atoms with Gasteiger partial charge in [-0.1, -0.05) is 146 Å². The number of hydrogen-bond donors (Lipinski definition) is 0. The van der Waals surface area contributed by atoms with Gasteiger partial charge in [-0.15, -0.1) is 0 Å². The largest absolute Gasteiger partial charge is 0.0579 e. The summed E-state index contributed by atoms with van der Waals surface area (Å²) in [5, 5.41) is 7.71. The molecule has 0 saturated heterocycles. The Morgan fingerprint density at radius 3 is 1.05 bits per heavy atom. The van der Waals surface area contributed by atoms with E-state index >= 15 is 0 Å². The molecule has 0 bridgehead atoms. The van der Waals surface area contributed by atoms with Crippen LogP contribution in [0, 0.1) is 0 Å². The molecular formula is C36H32Br2. The average molecular weight is 624 g/mol. The lowest BCUT2D eigenvalue weighted by Gasteiger charge is -2.21. The van der Waals surface area contributed by atoms with Crippen LogP contribution >= 0.6 is 31.9 Å². The van der Waals surface area contributed by atoms with Crippen LogP contribution in [0.25, 0.3) is 54.6 Å². The Hall–Kier alpha value is -2.68. The van der Waals surface area contributed by atoms with Crippen LogP contribution in [0.3, 0.4) is 0 Å². The molecule has 0 saturated carbocycles. The maximum absolute atomic E-state index is 3.93. The zero-order chi connectivity index (χ0) is 27.0. The summed E-state index contributed by atoms with van der Waals surface area (Å²) in [5.74, 6) is 0. The monoisotopic (exact) mass is 622 g/mol. The molecule has 38 heavy (non-hydrogen) atoms. The molecule has 6 aromatic carbocycles. The van der Waals surface area contributed by atoms with E-state index in [2.05, 4.69) is 158 Å². The van der Waals surface area contributed by atoms with Gasteiger partial charge in [-0.3, -0.25) is 0 Å². The van der Waals surface area contributed by atoms with Crippen molar-refractivity contribution in [2.24, 2.45) is 0 Å². The highest BCUT2D eigenvalue weighted by molar-refractivity contribution is 9.11. The molecule has 0 radical (unpaired) electrons. The van der Waals surface area contributed by atoms with E-state index in [9.17, 15) is 0 Å². The van der Waals surface area contributed by atoms with E-state index < -0.39 is 0 Å². The van der Waals surface area contributed by atoms with Crippen LogP contribution < -0.4 is 0 Å². The average Bonchev–Trinajstić information content (AvgIpc) is 2.88. The maximum Gasteiger partial charge on any atom is 0.0260 e. The second-order valence-electron chi connectivity index (χ2n) is 12.5. The topological polar surface area (TPSA) is 0 Å². The molecule has 0 heterocycles. The van der Waals surface area contributed by atoms with Crippen molar-refractivity contribution in [3.63, 3.8) is 0 Å². The van der Waals surface area contributed by atoms with Gasteiger partial charge in [-0.2, -0.15) is 0 Å². The zero-order valence-electron chi connectivity index (χ0n) is 22.8. The van der Waals surface area contributed by atoms with Gasteiger partial charge >= 0.3 is 0 Å². The summed E-state index contributed by atoms with van der Waals surface area (Å²) in [7, 11) is 0. The lowest BCUT2D eigenvalue weighted by molar-refractivity contribution is 0.590. The summed E-state index contributed by atoms with van der Waals surface area (Å²) in [6.07, 6.45) is 0. The molecule has 0 aliphatic carbocycles. The van der Waals surface area contributed by atoms with Crippen molar-refractivity contribution >= 4 is 64.2 Å². The Labute approximate surface area is 242 Å². The van der Waals surface area contributed by atoms with Crippen LogP contribution in [0.4, 0.5) is 0 Å². The predicted octanol–water partition coefficient (Wildman–Crippen LogP) is 12.0. The van der Waals surface area contributed by atoms with Gasteiger partial charge in [0, 0.05) is 8.95 Å². The lowest BCUT2D eigenvalue weighted by atomic mass is 9.84. The van der Waals surface area contributed by atoms with E-state index in [-0.39, 0.29) is 10.8 Å². The Bertz CT molecular complexity index is 1670. The van der Waals surface area contributed by atoms with Gasteiger partial charge in [-0.25, -0.2) is 0 Å². The highest BCUT2D eigenvalue weighted by Crippen LogP contribution is 2.47. The minimum absolute atomic E-state index is 0.134. The minimum atomic E-state index is 0.134. The van der Waals surface area contributed by atoms with Crippen molar-refractivity contribution in [2.75, 3.05) is 0 Å². The van der Waals surface area contributed by atoms with E-state index in [1.54, 1.807) is 0 Å². The number of hydrogen-bond acceptors (Lipinski definition) is 0. The Kier molecular flexibility index (Phi) is 6.01. The fraction of sp³-hybridized carbons (Fsp3) is 0.222. The molecule has 0 atom stereocenters. The van der Waals surface area contributed by atoms with E-state index in [4.69, 9.17) is 0 Å². The number of rotatable bonds is 2. The Morgan fingerprint density at radius 2 is 0.737 bits per heavy atom. The third kappa shape index (κ3) is 4.17. The number of halogens is 2. The van der Waals surface area contributed by atoms with Gasteiger partial charge < -0.3 is 0 Å². The first kappa shape index (κ1) is 25.6. The zero-order valence-corrected chi connectivity index (χ0v) is 26.0. The van der Waals surface area contributed by atoms with Crippen molar-refractivity contribution in [3.8, 4) is 22.3 Å². The molecule has 0 spiro atoms. The standard InChI is InChI=1S/C36H32Br2/c1-35(2,3)23-11-7-21(8-12-23)29-19-31(37)27-17-18-28-32(38)20-30(26-16-15-25(29)33(27)34(26)28)22-9-13-24(14-10-22)36(4,5)6/h7-20H,1-6H3. The highest BCUT2D eigenvalue weighted by Gasteiger charge is 2.20. The normalized spacial score (nSPS) is 12.7. The molecule has 2 heteroatoms. The summed E-state index contributed by atoms with van der Waals surface area (Å²) in [5.41, 5.74) is 7.98. The van der Waals surface area contributed by atoms with E-state index in [0.717, 1.165) is 8.95 Å². The molecule has 0 amide bonds. The molecule has 0 aromatic heterocycles. The number of benzene rings is 6. The van der Waals surface area contributed by atoms with Crippen LogP contribution in [-0.4, -0.2) is 0 Å². The molecular weight excluding hydrogens is 592 g/mol. The van der Waals surface area contributed by atoms with Gasteiger partial charge in [0.15, 0.2) is 0 Å². The lowest BCUT2D eigenvalue weighted by Crippen LogP contribution is -2.10. The maximum atomic E-state index is 3.93. The summed E-state index contributed by atoms with van der Waals surface area (Å²) >= 11 is 7.86. The molecule has 0 unspecified atom stereocenters. The Morgan fingerprint density at radius 1 is 0.421 bits per heavy atom. The molecule has 0 aliphatic rings. The summed E-state index contributed by atoms with van der Waals surface area (Å²) in [4.78, 5) is 0. The van der Waals surface area contributed by atoms with Crippen molar-refractivity contribution in [1.82, 2.24) is 0 Å². The van der Waals surface area contributed by atoms with E-state index in [1.165, 1.54) is 65.7 Å². The molecule has 0 N–H and O–H groups in total. The summed E-state index contributed by atoms with van der Waals surface area (Å²) in [6.45, 7) is 13.6. The molecule has 190 valence electrons. The van der Waals surface area contributed by atoms with Gasteiger partial charge in [0.25, 0.3) is 0 Å². The second-order valence-corrected chi connectivity index (χ2v) is 14.2. The second kappa shape index (κ2) is 8.93. The molecule has 0 fully saturated rings. The first-order valence-electron chi connectivity index (χ1n) is 13.2. The summed E-state index contributed by atoms with van der Waals surface area (Å²) in [6, 6.07) is 31.9. The van der Waals surface area contributed by atoms with Crippen LogP contribution in [0.2, 0.25) is 0 Å². The SMILES string of the molecule is CC(C)(C)c1ccc(-c2cc(Br)c3ccc4c(Br)cc(-c5ccc(C(C)(C)C)cc5)c5ccc2c3c45)cc1. The van der Waals surface area contributed by atoms with Gasteiger partial charge in [0.1, 0.15) is 0 Å². The highest BCUT2D eigenvalue weighted by atomic mass is 79.9. The first-order chi connectivity index (χ1) is 17.9. The van der Waals surface area contributed by atoms with Gasteiger partial charge in [0.05, 0.1) is 0 Å². The van der Waals surface area contributed by atoms with Crippen LogP contribution in [0.5, 0.6) is 0 Å². The minimum Gasteiger partial charge on any atom is -0.0579 e. The Balaban J connectivity index is 1.63. The first-order valence-corrected chi connectivity index (χ1v) is 14.8. The van der Waals surface area contributed by atoms with Crippen molar-refractivity contribution in [1.29, 1.82) is 0 Å². The third-order valence-corrected chi connectivity index (χ3v) is 9.23. The molecule has 6 rings (SSSR count). The van der Waals surface area contributed by atoms with Gasteiger partial charge in [0.2, 0.25) is 0 Å². The predicted molar refractivity (Wildman–Crippen MR) is 174 cm³/mol. The van der Waals surface area contributed by atoms with Crippen molar-refractivity contribution in [3.05, 3.63) is 105 Å². The van der Waals surface area contributed by atoms with Crippen molar-refractivity contribution < 1.29 is 0 Å². The molecule has 0 aliphatic heterocycles. The van der Waals surface area contributed by atoms with Gasteiger partial charge in [-0.05, 0) is 88.7 Å². The molecule has 0 nitrogen and oxygen atoms in total. The smallest absolute Gasteiger partial charge is 0.0260 e. The fourth-order valence-electron chi connectivity index (χ4n) is 5.68. The molecule has 6 aromatic rings. The van der Waals surface area contributed by atoms with Crippen LogP contribution in [0.1, 0.15) is 52.7 Å². The fourth-order valence-corrected chi connectivity index (χ4v) is 6.80. The van der Waals surface area contributed by atoms with Crippen LogP contribution in [-0.2, 0) is 10.8 Å². The quantitative estimate of drug-likeness (QED) is 0.168. The van der Waals surface area contributed by atoms with Crippen molar-refractivity contribution in [2.45, 2.75) is 52.4 Å². The third-order valence-electron chi connectivity index (χ3n) is 7.92.